The highest BCUT2D eigenvalue weighted by Crippen LogP contribution is 2.22. The van der Waals surface area contributed by atoms with Crippen molar-refractivity contribution in [2.45, 2.75) is 6.04 Å². The highest BCUT2D eigenvalue weighted by Gasteiger charge is 2.15. The number of hydrogen-bond acceptors (Lipinski definition) is 2. The first-order valence-corrected chi connectivity index (χ1v) is 4.94. The van der Waals surface area contributed by atoms with Gasteiger partial charge in [0, 0.05) is 30.7 Å². The molecule has 1 aromatic rings. The number of benzene rings is 1. The normalized spacial score (nSPS) is 21.4. The van der Waals surface area contributed by atoms with Crippen LogP contribution in [0.4, 0.5) is 0 Å². The maximum absolute atomic E-state index is 6.09. The van der Waals surface area contributed by atoms with E-state index in [9.17, 15) is 0 Å². The summed E-state index contributed by atoms with van der Waals surface area (Å²) in [4.78, 5) is 0. The van der Waals surface area contributed by atoms with E-state index in [0.29, 0.717) is 6.04 Å². The van der Waals surface area contributed by atoms with E-state index in [4.69, 9.17) is 11.6 Å². The molecule has 1 aromatic carbocycles. The molecule has 1 fully saturated rings. The van der Waals surface area contributed by atoms with Crippen molar-refractivity contribution in [2.24, 2.45) is 0 Å². The zero-order valence-corrected chi connectivity index (χ0v) is 9.37. The smallest absolute Gasteiger partial charge is 0.0462 e. The minimum absolute atomic E-state index is 0. The zero-order valence-electron chi connectivity index (χ0n) is 7.79. The molecule has 0 aliphatic carbocycles. The second-order valence-electron chi connectivity index (χ2n) is 3.23. The van der Waals surface area contributed by atoms with Gasteiger partial charge in [0.05, 0.1) is 0 Å². The Morgan fingerprint density at radius 1 is 1.21 bits per heavy atom. The average molecular weight is 233 g/mol. The first kappa shape index (κ1) is 11.8. The number of hydrogen-bond donors (Lipinski definition) is 2. The van der Waals surface area contributed by atoms with Gasteiger partial charge in [0.15, 0.2) is 0 Å². The van der Waals surface area contributed by atoms with Gasteiger partial charge in [-0.3, -0.25) is 0 Å². The van der Waals surface area contributed by atoms with Crippen molar-refractivity contribution in [3.8, 4) is 0 Å². The van der Waals surface area contributed by atoms with Crippen LogP contribution in [-0.2, 0) is 0 Å². The molecule has 1 aliphatic rings. The largest absolute Gasteiger partial charge is 0.314 e. The fourth-order valence-electron chi connectivity index (χ4n) is 1.63. The summed E-state index contributed by atoms with van der Waals surface area (Å²) >= 11 is 6.09. The monoisotopic (exact) mass is 232 g/mol. The molecule has 14 heavy (non-hydrogen) atoms. The van der Waals surface area contributed by atoms with Crippen LogP contribution in [0.2, 0.25) is 5.02 Å². The lowest BCUT2D eigenvalue weighted by molar-refractivity contribution is 0.430. The van der Waals surface area contributed by atoms with E-state index in [0.717, 1.165) is 24.7 Å². The van der Waals surface area contributed by atoms with Crippen LogP contribution in [0.5, 0.6) is 0 Å². The van der Waals surface area contributed by atoms with E-state index < -0.39 is 0 Å². The molecule has 0 spiro atoms. The van der Waals surface area contributed by atoms with Gasteiger partial charge < -0.3 is 10.6 Å². The summed E-state index contributed by atoms with van der Waals surface area (Å²) in [7, 11) is 0. The van der Waals surface area contributed by atoms with Crippen LogP contribution in [0.1, 0.15) is 11.6 Å². The van der Waals surface area contributed by atoms with Crippen molar-refractivity contribution in [3.63, 3.8) is 0 Å². The first-order valence-electron chi connectivity index (χ1n) is 4.56. The minimum atomic E-state index is 0. The Morgan fingerprint density at radius 2 is 2.00 bits per heavy atom. The van der Waals surface area contributed by atoms with E-state index in [1.54, 1.807) is 0 Å². The van der Waals surface area contributed by atoms with Gasteiger partial charge in [-0.05, 0) is 11.6 Å². The molecule has 1 aliphatic heterocycles. The van der Waals surface area contributed by atoms with Crippen LogP contribution in [0.25, 0.3) is 0 Å². The molecule has 0 amide bonds. The third-order valence-corrected chi connectivity index (χ3v) is 2.67. The molecule has 1 atom stereocenters. The molecule has 0 unspecified atom stereocenters. The number of halogens is 2. The molecule has 1 saturated heterocycles. The zero-order chi connectivity index (χ0) is 9.10. The lowest BCUT2D eigenvalue weighted by atomic mass is 10.1. The molecule has 0 radical (unpaired) electrons. The lowest BCUT2D eigenvalue weighted by Crippen LogP contribution is -2.42. The van der Waals surface area contributed by atoms with Crippen LogP contribution in [0.15, 0.2) is 24.3 Å². The van der Waals surface area contributed by atoms with Crippen molar-refractivity contribution in [1.29, 1.82) is 0 Å². The van der Waals surface area contributed by atoms with Crippen LogP contribution < -0.4 is 10.6 Å². The van der Waals surface area contributed by atoms with Crippen molar-refractivity contribution in [2.75, 3.05) is 19.6 Å². The van der Waals surface area contributed by atoms with Gasteiger partial charge in [-0.15, -0.1) is 12.4 Å². The summed E-state index contributed by atoms with van der Waals surface area (Å²) in [6, 6.07) is 8.36. The van der Waals surface area contributed by atoms with Crippen LogP contribution in [0, 0.1) is 0 Å². The molecule has 2 N–H and O–H groups in total. The Balaban J connectivity index is 0.000000980. The van der Waals surface area contributed by atoms with E-state index in [2.05, 4.69) is 16.7 Å². The Hall–Kier alpha value is -0.280. The minimum Gasteiger partial charge on any atom is -0.314 e. The van der Waals surface area contributed by atoms with Crippen LogP contribution in [-0.4, -0.2) is 19.6 Å². The van der Waals surface area contributed by atoms with Gasteiger partial charge in [-0.2, -0.15) is 0 Å². The van der Waals surface area contributed by atoms with Gasteiger partial charge in [0.2, 0.25) is 0 Å². The molecule has 0 bridgehead atoms. The topological polar surface area (TPSA) is 24.1 Å². The summed E-state index contributed by atoms with van der Waals surface area (Å²) < 4.78 is 0. The average Bonchev–Trinajstić information content (AvgIpc) is 2.20. The molecule has 2 nitrogen and oxygen atoms in total. The van der Waals surface area contributed by atoms with E-state index in [1.807, 2.05) is 18.2 Å². The summed E-state index contributed by atoms with van der Waals surface area (Å²) in [5.74, 6) is 0. The summed E-state index contributed by atoms with van der Waals surface area (Å²) in [6.07, 6.45) is 0. The highest BCUT2D eigenvalue weighted by atomic mass is 35.5. The second-order valence-corrected chi connectivity index (χ2v) is 3.64. The molecule has 2 rings (SSSR count). The predicted octanol–water partition coefficient (Wildman–Crippen LogP) is 2.00. The molecular weight excluding hydrogens is 219 g/mol. The van der Waals surface area contributed by atoms with Gasteiger partial charge in [-0.1, -0.05) is 29.8 Å². The van der Waals surface area contributed by atoms with Gasteiger partial charge >= 0.3 is 0 Å². The van der Waals surface area contributed by atoms with Crippen molar-refractivity contribution >= 4 is 24.0 Å². The number of nitrogens with one attached hydrogen (secondary N) is 2. The number of rotatable bonds is 1. The van der Waals surface area contributed by atoms with Crippen molar-refractivity contribution < 1.29 is 0 Å². The Bertz CT molecular complexity index is 285. The van der Waals surface area contributed by atoms with E-state index in [-0.39, 0.29) is 12.4 Å². The molecular formula is C10H14Cl2N2. The SMILES string of the molecule is Cl.Clc1ccccc1[C@@H]1CNCCN1. The lowest BCUT2D eigenvalue weighted by Gasteiger charge is -2.25. The molecule has 4 heteroatoms. The summed E-state index contributed by atoms with van der Waals surface area (Å²) in [6.45, 7) is 3.01. The molecule has 0 aromatic heterocycles. The maximum Gasteiger partial charge on any atom is 0.0462 e. The van der Waals surface area contributed by atoms with Gasteiger partial charge in [0.1, 0.15) is 0 Å². The highest BCUT2D eigenvalue weighted by molar-refractivity contribution is 6.31. The Kier molecular flexibility index (Phi) is 4.69. The standard InChI is InChI=1S/C10H13ClN2.ClH/c11-9-4-2-1-3-8(9)10-7-12-5-6-13-10;/h1-4,10,12-13H,5-7H2;1H/t10-;/m0./s1. The summed E-state index contributed by atoms with van der Waals surface area (Å²) in [5, 5.41) is 7.62. The van der Waals surface area contributed by atoms with Crippen LogP contribution in [0.3, 0.4) is 0 Å². The van der Waals surface area contributed by atoms with E-state index >= 15 is 0 Å². The Labute approximate surface area is 95.4 Å². The Morgan fingerprint density at radius 3 is 2.64 bits per heavy atom. The molecule has 0 saturated carbocycles. The third kappa shape index (κ3) is 2.61. The van der Waals surface area contributed by atoms with Crippen molar-refractivity contribution in [3.05, 3.63) is 34.9 Å². The first-order chi connectivity index (χ1) is 6.38. The summed E-state index contributed by atoms with van der Waals surface area (Å²) in [5.41, 5.74) is 1.19. The van der Waals surface area contributed by atoms with Crippen LogP contribution >= 0.6 is 24.0 Å². The van der Waals surface area contributed by atoms with Crippen molar-refractivity contribution in [1.82, 2.24) is 10.6 Å². The maximum atomic E-state index is 6.09. The van der Waals surface area contributed by atoms with Gasteiger partial charge in [0.25, 0.3) is 0 Å². The fraction of sp³-hybridized carbons (Fsp3) is 0.400. The van der Waals surface area contributed by atoms with Gasteiger partial charge in [-0.25, -0.2) is 0 Å². The molecule has 78 valence electrons. The second kappa shape index (κ2) is 5.56. The fourth-order valence-corrected chi connectivity index (χ4v) is 1.90. The quantitative estimate of drug-likeness (QED) is 0.775. The predicted molar refractivity (Wildman–Crippen MR) is 62.3 cm³/mol. The third-order valence-electron chi connectivity index (χ3n) is 2.32. The molecule has 1 heterocycles. The van der Waals surface area contributed by atoms with E-state index in [1.165, 1.54) is 5.56 Å². The number of piperazine rings is 1.